The molecule has 0 bridgehead atoms. The van der Waals surface area contributed by atoms with Crippen molar-refractivity contribution in [1.82, 2.24) is 4.90 Å². The monoisotopic (exact) mass is 443 g/mol. The average Bonchev–Trinajstić information content (AvgIpc) is 3.15. The normalized spacial score (nSPS) is 17.0. The molecule has 3 aromatic rings. The van der Waals surface area contributed by atoms with E-state index in [-0.39, 0.29) is 17.0 Å². The van der Waals surface area contributed by atoms with Crippen molar-refractivity contribution in [3.05, 3.63) is 96.6 Å². The van der Waals surface area contributed by atoms with Gasteiger partial charge in [0.15, 0.2) is 0 Å². The van der Waals surface area contributed by atoms with E-state index in [1.54, 1.807) is 0 Å². The van der Waals surface area contributed by atoms with Gasteiger partial charge in [0, 0.05) is 13.0 Å². The van der Waals surface area contributed by atoms with Gasteiger partial charge >= 0.3 is 0 Å². The summed E-state index contributed by atoms with van der Waals surface area (Å²) in [6, 6.07) is 31.8. The molecular weight excluding hydrogens is 410 g/mol. The molecule has 0 unspecified atom stereocenters. The maximum atomic E-state index is 12.7. The van der Waals surface area contributed by atoms with Gasteiger partial charge in [-0.2, -0.15) is 0 Å². The van der Waals surface area contributed by atoms with Crippen molar-refractivity contribution in [2.45, 2.75) is 51.2 Å². The first-order chi connectivity index (χ1) is 15.4. The molecule has 166 valence electrons. The van der Waals surface area contributed by atoms with Gasteiger partial charge < -0.3 is 9.33 Å². The van der Waals surface area contributed by atoms with Crippen LogP contribution in [-0.2, 0) is 15.8 Å². The van der Waals surface area contributed by atoms with Crippen molar-refractivity contribution >= 4 is 24.6 Å². The number of nitrogens with zero attached hydrogens (tertiary/aromatic N) is 1. The summed E-state index contributed by atoms with van der Waals surface area (Å²) >= 11 is 0. The van der Waals surface area contributed by atoms with Crippen LogP contribution in [0.3, 0.4) is 0 Å². The maximum absolute atomic E-state index is 12.7. The molecule has 0 aliphatic carbocycles. The lowest BCUT2D eigenvalue weighted by Crippen LogP contribution is -2.67. The molecule has 3 nitrogen and oxygen atoms in total. The van der Waals surface area contributed by atoms with Gasteiger partial charge in [-0.3, -0.25) is 4.79 Å². The molecule has 1 fully saturated rings. The van der Waals surface area contributed by atoms with Crippen LogP contribution in [0.25, 0.3) is 0 Å². The van der Waals surface area contributed by atoms with E-state index in [1.807, 2.05) is 23.1 Å². The molecule has 3 aromatic carbocycles. The summed E-state index contributed by atoms with van der Waals surface area (Å²) in [7, 11) is -2.60. The molecule has 0 spiro atoms. The van der Waals surface area contributed by atoms with Crippen LogP contribution in [0.5, 0.6) is 0 Å². The van der Waals surface area contributed by atoms with Crippen LogP contribution >= 0.6 is 0 Å². The number of carbonyl (C=O) groups excluding carboxylic acids is 1. The Morgan fingerprint density at radius 1 is 0.844 bits per heavy atom. The van der Waals surface area contributed by atoms with Crippen LogP contribution in [0.4, 0.5) is 0 Å². The van der Waals surface area contributed by atoms with E-state index < -0.39 is 8.32 Å². The number of rotatable bonds is 7. The fourth-order valence-electron chi connectivity index (χ4n) is 4.95. The Morgan fingerprint density at radius 3 is 1.84 bits per heavy atom. The lowest BCUT2D eigenvalue weighted by atomic mass is 10.2. The topological polar surface area (TPSA) is 29.5 Å². The first-order valence-corrected chi connectivity index (χ1v) is 13.4. The third-order valence-corrected chi connectivity index (χ3v) is 11.6. The Balaban J connectivity index is 1.67. The largest absolute Gasteiger partial charge is 0.405 e. The van der Waals surface area contributed by atoms with Crippen LogP contribution in [0.2, 0.25) is 5.04 Å². The number of hydrogen-bond acceptors (Lipinski definition) is 2. The molecule has 0 N–H and O–H groups in total. The van der Waals surface area contributed by atoms with Gasteiger partial charge in [-0.25, -0.2) is 0 Å². The number of hydrogen-bond donors (Lipinski definition) is 0. The van der Waals surface area contributed by atoms with E-state index in [0.717, 1.165) is 12.0 Å². The van der Waals surface area contributed by atoms with E-state index in [4.69, 9.17) is 4.43 Å². The predicted octanol–water partition coefficient (Wildman–Crippen LogP) is 4.75. The third kappa shape index (κ3) is 4.43. The summed E-state index contributed by atoms with van der Waals surface area (Å²) < 4.78 is 7.11. The fraction of sp³-hybridized carbons (Fsp3) is 0.321. The molecule has 1 amide bonds. The summed E-state index contributed by atoms with van der Waals surface area (Å²) in [5, 5.41) is 2.48. The molecule has 1 atom stereocenters. The van der Waals surface area contributed by atoms with Crippen molar-refractivity contribution in [2.24, 2.45) is 0 Å². The molecule has 1 aliphatic heterocycles. The maximum Gasteiger partial charge on any atom is 0.261 e. The number of carbonyl (C=O) groups is 1. The number of amides is 1. The van der Waals surface area contributed by atoms with Crippen LogP contribution in [0, 0.1) is 0 Å². The summed E-state index contributed by atoms with van der Waals surface area (Å²) in [6.07, 6.45) is 1.45. The van der Waals surface area contributed by atoms with Crippen LogP contribution in [0.15, 0.2) is 91.0 Å². The third-order valence-electron chi connectivity index (χ3n) is 6.56. The Labute approximate surface area is 193 Å². The smallest absolute Gasteiger partial charge is 0.261 e. The SMILES string of the molecule is CC(C)(C)[Si](OC[C@@H]1CCC(=O)N1Cc1ccccc1)(c1ccccc1)c1ccccc1. The molecule has 1 heterocycles. The van der Waals surface area contributed by atoms with Crippen molar-refractivity contribution in [1.29, 1.82) is 0 Å². The van der Waals surface area contributed by atoms with Gasteiger partial charge in [0.1, 0.15) is 0 Å². The van der Waals surface area contributed by atoms with Gasteiger partial charge in [0.25, 0.3) is 8.32 Å². The highest BCUT2D eigenvalue weighted by Gasteiger charge is 2.50. The lowest BCUT2D eigenvalue weighted by Gasteiger charge is -2.44. The van der Waals surface area contributed by atoms with E-state index >= 15 is 0 Å². The number of likely N-dealkylation sites (tertiary alicyclic amines) is 1. The molecule has 1 saturated heterocycles. The zero-order chi connectivity index (χ0) is 22.6. The van der Waals surface area contributed by atoms with Crippen molar-refractivity contribution in [3.8, 4) is 0 Å². The van der Waals surface area contributed by atoms with E-state index in [0.29, 0.717) is 19.6 Å². The highest BCUT2D eigenvalue weighted by Crippen LogP contribution is 2.37. The Bertz CT molecular complexity index is 976. The second-order valence-corrected chi connectivity index (χ2v) is 14.0. The van der Waals surface area contributed by atoms with Crippen molar-refractivity contribution in [2.75, 3.05) is 6.61 Å². The highest BCUT2D eigenvalue weighted by atomic mass is 28.4. The highest BCUT2D eigenvalue weighted by molar-refractivity contribution is 6.99. The van der Waals surface area contributed by atoms with E-state index in [1.165, 1.54) is 10.4 Å². The molecule has 4 rings (SSSR count). The standard InChI is InChI=1S/C28H33NO2Si/c1-28(2,3)32(25-15-9-5-10-16-25,26-17-11-6-12-18-26)31-22-24-19-20-27(30)29(24)21-23-13-7-4-8-14-23/h4-18,24H,19-22H2,1-3H3/t24-/m0/s1. The molecule has 0 radical (unpaired) electrons. The molecular formula is C28H33NO2Si. The minimum absolute atomic E-state index is 0.0669. The van der Waals surface area contributed by atoms with Gasteiger partial charge in [-0.15, -0.1) is 0 Å². The summed E-state index contributed by atoms with van der Waals surface area (Å²) in [5.41, 5.74) is 1.16. The Hall–Kier alpha value is -2.69. The first-order valence-electron chi connectivity index (χ1n) is 11.5. The molecule has 1 aliphatic rings. The molecule has 32 heavy (non-hydrogen) atoms. The minimum atomic E-state index is -2.60. The fourth-order valence-corrected chi connectivity index (χ4v) is 9.54. The summed E-state index contributed by atoms with van der Waals surface area (Å²) in [5.74, 6) is 0.227. The van der Waals surface area contributed by atoms with Gasteiger partial charge in [0.2, 0.25) is 5.91 Å². The summed E-state index contributed by atoms with van der Waals surface area (Å²) in [4.78, 5) is 14.8. The Kier molecular flexibility index (Phi) is 6.63. The second kappa shape index (κ2) is 9.43. The van der Waals surface area contributed by atoms with Crippen LogP contribution in [-0.4, -0.2) is 31.8 Å². The van der Waals surface area contributed by atoms with E-state index in [2.05, 4.69) is 93.6 Å². The molecule has 4 heteroatoms. The Morgan fingerprint density at radius 2 is 1.34 bits per heavy atom. The van der Waals surface area contributed by atoms with Crippen molar-refractivity contribution < 1.29 is 9.22 Å². The zero-order valence-electron chi connectivity index (χ0n) is 19.3. The summed E-state index contributed by atoms with van der Waals surface area (Å²) in [6.45, 7) is 8.09. The van der Waals surface area contributed by atoms with Gasteiger partial charge in [-0.05, 0) is 27.4 Å². The van der Waals surface area contributed by atoms with Crippen LogP contribution < -0.4 is 10.4 Å². The van der Waals surface area contributed by atoms with Crippen LogP contribution in [0.1, 0.15) is 39.2 Å². The molecule has 0 aromatic heterocycles. The first kappa shape index (κ1) is 22.5. The lowest BCUT2D eigenvalue weighted by molar-refractivity contribution is -0.129. The predicted molar refractivity (Wildman–Crippen MR) is 134 cm³/mol. The number of benzene rings is 3. The molecule has 0 saturated carbocycles. The second-order valence-electron chi connectivity index (χ2n) is 9.67. The minimum Gasteiger partial charge on any atom is -0.405 e. The van der Waals surface area contributed by atoms with E-state index in [9.17, 15) is 4.79 Å². The zero-order valence-corrected chi connectivity index (χ0v) is 20.3. The van der Waals surface area contributed by atoms with Gasteiger partial charge in [0.05, 0.1) is 12.6 Å². The quantitative estimate of drug-likeness (QED) is 0.493. The van der Waals surface area contributed by atoms with Crippen molar-refractivity contribution in [3.63, 3.8) is 0 Å². The average molecular weight is 444 g/mol. The van der Waals surface area contributed by atoms with Gasteiger partial charge in [-0.1, -0.05) is 112 Å².